The van der Waals surface area contributed by atoms with E-state index in [1.165, 1.54) is 12.1 Å². The van der Waals surface area contributed by atoms with Gasteiger partial charge in [0.25, 0.3) is 0 Å². The zero-order valence-corrected chi connectivity index (χ0v) is 6.98. The van der Waals surface area contributed by atoms with Crippen LogP contribution in [0.2, 0.25) is 5.15 Å². The Balaban J connectivity index is 2.71. The molecule has 0 spiro atoms. The molecule has 0 N–H and O–H groups in total. The van der Waals surface area contributed by atoms with Crippen molar-refractivity contribution in [3.8, 4) is 5.75 Å². The van der Waals surface area contributed by atoms with Gasteiger partial charge in [-0.3, -0.25) is 0 Å². The van der Waals surface area contributed by atoms with E-state index in [9.17, 15) is 8.78 Å². The Labute approximate surface area is 73.1 Å². The Morgan fingerprint density at radius 1 is 1.50 bits per heavy atom. The lowest BCUT2D eigenvalue weighted by Gasteiger charge is -2.11. The van der Waals surface area contributed by atoms with Crippen molar-refractivity contribution in [1.82, 2.24) is 4.98 Å². The van der Waals surface area contributed by atoms with E-state index in [4.69, 9.17) is 11.6 Å². The van der Waals surface area contributed by atoms with E-state index in [2.05, 4.69) is 9.72 Å². The van der Waals surface area contributed by atoms with E-state index in [-0.39, 0.29) is 10.9 Å². The smallest absolute Gasteiger partial charge is 0.394 e. The van der Waals surface area contributed by atoms with E-state index in [1.807, 2.05) is 0 Å². The van der Waals surface area contributed by atoms with Crippen molar-refractivity contribution in [1.29, 1.82) is 0 Å². The third-order valence-corrected chi connectivity index (χ3v) is 1.22. The number of halogens is 3. The van der Waals surface area contributed by atoms with E-state index in [1.54, 1.807) is 0 Å². The molecule has 1 heterocycles. The number of hydrogen-bond acceptors (Lipinski definition) is 2. The number of pyridine rings is 1. The lowest BCUT2D eigenvalue weighted by atomic mass is 10.5. The van der Waals surface area contributed by atoms with Crippen molar-refractivity contribution in [2.45, 2.75) is 13.0 Å². The van der Waals surface area contributed by atoms with Crippen LogP contribution in [0.25, 0.3) is 0 Å². The molecule has 0 aliphatic heterocycles. The molecular weight excluding hydrogens is 188 g/mol. The van der Waals surface area contributed by atoms with Crippen LogP contribution in [-0.4, -0.2) is 11.1 Å². The van der Waals surface area contributed by atoms with Crippen molar-refractivity contribution < 1.29 is 13.5 Å². The third kappa shape index (κ3) is 3.00. The number of alkyl halides is 2. The highest BCUT2D eigenvalue weighted by molar-refractivity contribution is 6.29. The molecule has 0 amide bonds. The summed E-state index contributed by atoms with van der Waals surface area (Å²) < 4.78 is 28.7. The van der Waals surface area contributed by atoms with Gasteiger partial charge in [-0.1, -0.05) is 11.6 Å². The molecule has 0 saturated heterocycles. The maximum atomic E-state index is 12.2. The largest absolute Gasteiger partial charge is 0.431 e. The van der Waals surface area contributed by atoms with Crippen LogP contribution in [0.1, 0.15) is 6.92 Å². The van der Waals surface area contributed by atoms with Gasteiger partial charge >= 0.3 is 6.11 Å². The predicted molar refractivity (Wildman–Crippen MR) is 40.5 cm³/mol. The fourth-order valence-corrected chi connectivity index (χ4v) is 0.741. The van der Waals surface area contributed by atoms with Crippen LogP contribution in [0, 0.1) is 0 Å². The molecular formula is C7H6ClF2NO. The molecule has 0 aliphatic carbocycles. The van der Waals surface area contributed by atoms with Gasteiger partial charge in [-0.25, -0.2) is 4.98 Å². The van der Waals surface area contributed by atoms with Crippen LogP contribution in [-0.2, 0) is 0 Å². The van der Waals surface area contributed by atoms with Crippen molar-refractivity contribution >= 4 is 11.6 Å². The summed E-state index contributed by atoms with van der Waals surface area (Å²) in [5.41, 5.74) is 0. The zero-order chi connectivity index (χ0) is 9.19. The van der Waals surface area contributed by atoms with Gasteiger partial charge in [-0.2, -0.15) is 8.78 Å². The van der Waals surface area contributed by atoms with E-state index >= 15 is 0 Å². The summed E-state index contributed by atoms with van der Waals surface area (Å²) in [6.07, 6.45) is -2.05. The first-order chi connectivity index (χ1) is 5.47. The zero-order valence-electron chi connectivity index (χ0n) is 6.22. The van der Waals surface area contributed by atoms with E-state index < -0.39 is 6.11 Å². The predicted octanol–water partition coefficient (Wildman–Crippen LogP) is 2.73. The number of nitrogens with zero attached hydrogens (tertiary/aromatic N) is 1. The molecule has 0 atom stereocenters. The summed E-state index contributed by atoms with van der Waals surface area (Å²) in [6.45, 7) is 0.654. The molecule has 1 aromatic rings. The highest BCUT2D eigenvalue weighted by atomic mass is 35.5. The highest BCUT2D eigenvalue weighted by Crippen LogP contribution is 2.20. The molecule has 2 nitrogen and oxygen atoms in total. The number of hydrogen-bond donors (Lipinski definition) is 0. The Hall–Kier alpha value is -0.900. The molecule has 66 valence electrons. The van der Waals surface area contributed by atoms with Gasteiger partial charge in [-0.05, 0) is 12.1 Å². The van der Waals surface area contributed by atoms with Crippen molar-refractivity contribution in [3.63, 3.8) is 0 Å². The molecule has 12 heavy (non-hydrogen) atoms. The third-order valence-electron chi connectivity index (χ3n) is 0.997. The van der Waals surface area contributed by atoms with Gasteiger partial charge in [0.05, 0.1) is 6.20 Å². The minimum Gasteiger partial charge on any atom is -0.431 e. The second kappa shape index (κ2) is 3.23. The second-order valence-corrected chi connectivity index (χ2v) is 2.61. The first kappa shape index (κ1) is 9.19. The number of rotatable bonds is 2. The molecule has 1 aromatic heterocycles. The van der Waals surface area contributed by atoms with Gasteiger partial charge in [0.15, 0.2) is 0 Å². The second-order valence-electron chi connectivity index (χ2n) is 2.23. The van der Waals surface area contributed by atoms with Gasteiger partial charge < -0.3 is 4.74 Å². The van der Waals surface area contributed by atoms with Crippen LogP contribution < -0.4 is 4.74 Å². The molecule has 0 fully saturated rings. The molecule has 1 rings (SSSR count). The Kier molecular flexibility index (Phi) is 2.47. The Morgan fingerprint density at radius 3 is 2.58 bits per heavy atom. The first-order valence-corrected chi connectivity index (χ1v) is 3.53. The normalized spacial score (nSPS) is 11.3. The van der Waals surface area contributed by atoms with Crippen LogP contribution in [0.4, 0.5) is 8.78 Å². The highest BCUT2D eigenvalue weighted by Gasteiger charge is 2.22. The van der Waals surface area contributed by atoms with Gasteiger partial charge in [0.1, 0.15) is 10.9 Å². The van der Waals surface area contributed by atoms with Crippen molar-refractivity contribution in [3.05, 3.63) is 23.5 Å². The van der Waals surface area contributed by atoms with Crippen molar-refractivity contribution in [2.75, 3.05) is 0 Å². The minimum absolute atomic E-state index is 0.00750. The lowest BCUT2D eigenvalue weighted by molar-refractivity contribution is -0.159. The molecule has 0 aromatic carbocycles. The standard InChI is InChI=1S/C7H6ClF2NO/c1-7(9,10)12-5-2-3-6(8)11-4-5/h2-4H,1H3. The SMILES string of the molecule is CC(F)(F)Oc1ccc(Cl)nc1. The maximum absolute atomic E-state index is 12.2. The van der Waals surface area contributed by atoms with Crippen LogP contribution in [0.3, 0.4) is 0 Å². The lowest BCUT2D eigenvalue weighted by Crippen LogP contribution is -2.19. The molecule has 0 saturated carbocycles. The van der Waals surface area contributed by atoms with Crippen molar-refractivity contribution in [2.24, 2.45) is 0 Å². The molecule has 0 unspecified atom stereocenters. The average molecular weight is 194 g/mol. The Morgan fingerprint density at radius 2 is 2.17 bits per heavy atom. The first-order valence-electron chi connectivity index (χ1n) is 3.16. The van der Waals surface area contributed by atoms with E-state index in [0.29, 0.717) is 6.92 Å². The fraction of sp³-hybridized carbons (Fsp3) is 0.286. The monoisotopic (exact) mass is 193 g/mol. The van der Waals surface area contributed by atoms with Crippen LogP contribution in [0.15, 0.2) is 18.3 Å². The van der Waals surface area contributed by atoms with Crippen LogP contribution in [0.5, 0.6) is 5.75 Å². The molecule has 0 bridgehead atoms. The topological polar surface area (TPSA) is 22.1 Å². The van der Waals surface area contributed by atoms with E-state index in [0.717, 1.165) is 6.20 Å². The summed E-state index contributed by atoms with van der Waals surface area (Å²) in [5.74, 6) is -0.00750. The molecule has 5 heteroatoms. The van der Waals surface area contributed by atoms with Gasteiger partial charge in [-0.15, -0.1) is 0 Å². The van der Waals surface area contributed by atoms with Gasteiger partial charge in [0.2, 0.25) is 0 Å². The van der Waals surface area contributed by atoms with Gasteiger partial charge in [0, 0.05) is 6.92 Å². The quantitative estimate of drug-likeness (QED) is 0.674. The van der Waals surface area contributed by atoms with Crippen LogP contribution >= 0.6 is 11.6 Å². The Bertz CT molecular complexity index is 257. The summed E-state index contributed by atoms with van der Waals surface area (Å²) in [6, 6.07) is 2.70. The average Bonchev–Trinajstić information content (AvgIpc) is 1.91. The molecule has 0 radical (unpaired) electrons. The minimum atomic E-state index is -3.19. The summed E-state index contributed by atoms with van der Waals surface area (Å²) >= 11 is 5.43. The fourth-order valence-electron chi connectivity index (χ4n) is 0.630. The number of aromatic nitrogens is 1. The maximum Gasteiger partial charge on any atom is 0.394 e. The summed E-state index contributed by atoms with van der Waals surface area (Å²) in [7, 11) is 0. The summed E-state index contributed by atoms with van der Waals surface area (Å²) in [5, 5.41) is 0.238. The molecule has 0 aliphatic rings. The number of ether oxygens (including phenoxy) is 1. The summed E-state index contributed by atoms with van der Waals surface area (Å²) in [4.78, 5) is 3.57.